The number of fused-ring (bicyclic) bond motifs is 1. The van der Waals surface area contributed by atoms with Crippen molar-refractivity contribution in [3.05, 3.63) is 71.5 Å². The molecule has 2 aromatic carbocycles. The van der Waals surface area contributed by atoms with E-state index in [1.807, 2.05) is 30.3 Å². The molecule has 0 saturated heterocycles. The molecule has 32 heavy (non-hydrogen) atoms. The third-order valence-electron chi connectivity index (χ3n) is 5.04. The molecular weight excluding hydrogens is 436 g/mol. The number of aromatic nitrogens is 2. The summed E-state index contributed by atoms with van der Waals surface area (Å²) in [5, 5.41) is 3.04. The number of imidazole rings is 1. The zero-order valence-electron chi connectivity index (χ0n) is 17.1. The fourth-order valence-electron chi connectivity index (χ4n) is 3.61. The molecule has 1 N–H and O–H groups in total. The molecule has 0 fully saturated rings. The zero-order valence-corrected chi connectivity index (χ0v) is 17.9. The van der Waals surface area contributed by atoms with Crippen LogP contribution < -0.4 is 10.1 Å². The van der Waals surface area contributed by atoms with Gasteiger partial charge in [-0.15, -0.1) is 0 Å². The maximum atomic E-state index is 12.4. The summed E-state index contributed by atoms with van der Waals surface area (Å²) in [7, 11) is 0. The molecular formula is C23H21F2N3O3S. The molecule has 166 valence electrons. The van der Waals surface area contributed by atoms with Crippen molar-refractivity contribution in [2.45, 2.75) is 37.5 Å². The Kier molecular flexibility index (Phi) is 6.84. The number of halogens is 2. The van der Waals surface area contributed by atoms with Gasteiger partial charge in [0.25, 0.3) is 5.91 Å². The first-order valence-electron chi connectivity index (χ1n) is 10.2. The van der Waals surface area contributed by atoms with Crippen molar-refractivity contribution in [2.75, 3.05) is 5.75 Å². The number of nitrogens with zero attached hydrogens (tertiary/aromatic N) is 2. The molecule has 4 rings (SSSR count). The number of hydrogen-bond acceptors (Lipinski definition) is 5. The van der Waals surface area contributed by atoms with Crippen LogP contribution in [0.15, 0.2) is 59.8 Å². The maximum Gasteiger partial charge on any atom is 0.387 e. The van der Waals surface area contributed by atoms with Gasteiger partial charge in [0.2, 0.25) is 5.91 Å². The van der Waals surface area contributed by atoms with Crippen molar-refractivity contribution in [1.29, 1.82) is 0 Å². The Labute approximate surface area is 188 Å². The van der Waals surface area contributed by atoms with Crippen molar-refractivity contribution in [1.82, 2.24) is 14.9 Å². The predicted molar refractivity (Wildman–Crippen MR) is 116 cm³/mol. The molecule has 0 radical (unpaired) electrons. The zero-order chi connectivity index (χ0) is 22.5. The van der Waals surface area contributed by atoms with E-state index < -0.39 is 18.4 Å². The third kappa shape index (κ3) is 5.16. The molecule has 0 aliphatic heterocycles. The molecule has 0 spiro atoms. The maximum absolute atomic E-state index is 12.4. The highest BCUT2D eigenvalue weighted by Crippen LogP contribution is 2.30. The molecule has 0 saturated carbocycles. The highest BCUT2D eigenvalue weighted by molar-refractivity contribution is 7.99. The fraction of sp³-hybridized carbons (Fsp3) is 0.261. The highest BCUT2D eigenvalue weighted by Gasteiger charge is 2.22. The average molecular weight is 458 g/mol. The number of carbonyl (C=O) groups is 2. The number of alkyl halides is 2. The molecule has 9 heteroatoms. The van der Waals surface area contributed by atoms with E-state index in [4.69, 9.17) is 4.98 Å². The number of para-hydroxylation sites is 1. The van der Waals surface area contributed by atoms with Gasteiger partial charge in [-0.3, -0.25) is 19.5 Å². The summed E-state index contributed by atoms with van der Waals surface area (Å²) in [6.45, 7) is -2.94. The van der Waals surface area contributed by atoms with Crippen molar-refractivity contribution in [3.8, 4) is 11.4 Å². The minimum atomic E-state index is -2.94. The highest BCUT2D eigenvalue weighted by atomic mass is 32.2. The van der Waals surface area contributed by atoms with Gasteiger partial charge in [-0.2, -0.15) is 8.78 Å². The molecule has 0 bridgehead atoms. The Morgan fingerprint density at radius 1 is 1.06 bits per heavy atom. The normalized spacial score (nSPS) is 13.0. The summed E-state index contributed by atoms with van der Waals surface area (Å²) in [5.74, 6) is -1.12. The van der Waals surface area contributed by atoms with Crippen LogP contribution in [0.3, 0.4) is 0 Å². The van der Waals surface area contributed by atoms with E-state index in [0.717, 1.165) is 42.2 Å². The first-order chi connectivity index (χ1) is 15.5. The summed E-state index contributed by atoms with van der Waals surface area (Å²) in [5.41, 5.74) is 3.40. The molecule has 1 aliphatic carbocycles. The average Bonchev–Trinajstić information content (AvgIpc) is 3.17. The van der Waals surface area contributed by atoms with E-state index in [1.165, 1.54) is 41.7 Å². The number of amides is 2. The molecule has 0 atom stereocenters. The van der Waals surface area contributed by atoms with Crippen molar-refractivity contribution >= 4 is 23.6 Å². The standard InChI is InChI=1S/C23H21F2N3O3S/c24-22(25)31-17-12-10-15(11-13-17)21(30)27-20(29)14-32-23-26-18-8-4-5-9-19(18)28(23)16-6-2-1-3-7-16/h1-3,6-7,10-13,22H,4-5,8-9,14H2,(H,27,29,30). The van der Waals surface area contributed by atoms with E-state index in [-0.39, 0.29) is 17.1 Å². The Balaban J connectivity index is 1.42. The summed E-state index contributed by atoms with van der Waals surface area (Å²) < 4.78 is 30.8. The van der Waals surface area contributed by atoms with Crippen LogP contribution in [0.25, 0.3) is 5.69 Å². The second kappa shape index (κ2) is 9.95. The lowest BCUT2D eigenvalue weighted by molar-refractivity contribution is -0.117. The topological polar surface area (TPSA) is 73.2 Å². The lowest BCUT2D eigenvalue weighted by Gasteiger charge is -2.15. The molecule has 1 aromatic heterocycles. The molecule has 2 amide bonds. The smallest absolute Gasteiger partial charge is 0.387 e. The molecule has 1 aliphatic rings. The van der Waals surface area contributed by atoms with E-state index in [9.17, 15) is 18.4 Å². The van der Waals surface area contributed by atoms with Crippen LogP contribution in [-0.4, -0.2) is 33.7 Å². The van der Waals surface area contributed by atoms with Crippen molar-refractivity contribution in [2.24, 2.45) is 0 Å². The number of thioether (sulfide) groups is 1. The number of hydrogen-bond donors (Lipinski definition) is 1. The van der Waals surface area contributed by atoms with Crippen LogP contribution >= 0.6 is 11.8 Å². The largest absolute Gasteiger partial charge is 0.435 e. The number of benzene rings is 2. The van der Waals surface area contributed by atoms with Gasteiger partial charge in [0, 0.05) is 16.9 Å². The van der Waals surface area contributed by atoms with Crippen LogP contribution in [0, 0.1) is 0 Å². The lowest BCUT2D eigenvalue weighted by atomic mass is 10.0. The van der Waals surface area contributed by atoms with E-state index in [0.29, 0.717) is 0 Å². The Morgan fingerprint density at radius 2 is 1.78 bits per heavy atom. The first-order valence-corrected chi connectivity index (χ1v) is 11.2. The Hall–Kier alpha value is -3.20. The number of aryl methyl sites for hydroxylation is 1. The van der Waals surface area contributed by atoms with Gasteiger partial charge in [-0.25, -0.2) is 4.98 Å². The van der Waals surface area contributed by atoms with Gasteiger partial charge < -0.3 is 4.74 Å². The lowest BCUT2D eigenvalue weighted by Crippen LogP contribution is -2.31. The molecule has 3 aromatic rings. The van der Waals surface area contributed by atoms with E-state index in [1.54, 1.807) is 0 Å². The minimum absolute atomic E-state index is 0.0149. The molecule has 0 unspecified atom stereocenters. The molecule has 1 heterocycles. The summed E-state index contributed by atoms with van der Waals surface area (Å²) >= 11 is 1.27. The predicted octanol–water partition coefficient (Wildman–Crippen LogP) is 4.40. The first kappa shape index (κ1) is 22.0. The second-order valence-corrected chi connectivity index (χ2v) is 8.18. The summed E-state index contributed by atoms with van der Waals surface area (Å²) in [4.78, 5) is 29.4. The van der Waals surface area contributed by atoms with Crippen LogP contribution in [0.4, 0.5) is 8.78 Å². The monoisotopic (exact) mass is 457 g/mol. The van der Waals surface area contributed by atoms with Gasteiger partial charge >= 0.3 is 6.61 Å². The van der Waals surface area contributed by atoms with Crippen LogP contribution in [-0.2, 0) is 17.6 Å². The van der Waals surface area contributed by atoms with Gasteiger partial charge in [-0.1, -0.05) is 30.0 Å². The Morgan fingerprint density at radius 3 is 2.50 bits per heavy atom. The minimum Gasteiger partial charge on any atom is -0.435 e. The van der Waals surface area contributed by atoms with Crippen molar-refractivity contribution < 1.29 is 23.1 Å². The van der Waals surface area contributed by atoms with Crippen LogP contribution in [0.1, 0.15) is 34.6 Å². The number of rotatable bonds is 7. The quantitative estimate of drug-likeness (QED) is 0.533. The second-order valence-electron chi connectivity index (χ2n) is 7.23. The fourth-order valence-corrected chi connectivity index (χ4v) is 4.46. The molecule has 6 nitrogen and oxygen atoms in total. The van der Waals surface area contributed by atoms with Crippen molar-refractivity contribution in [3.63, 3.8) is 0 Å². The summed E-state index contributed by atoms with van der Waals surface area (Å²) in [6.07, 6.45) is 4.05. The third-order valence-corrected chi connectivity index (χ3v) is 5.98. The van der Waals surface area contributed by atoms with Crippen LogP contribution in [0.2, 0.25) is 0 Å². The number of ether oxygens (including phenoxy) is 1. The van der Waals surface area contributed by atoms with E-state index in [2.05, 4.69) is 14.6 Å². The number of carbonyl (C=O) groups excluding carboxylic acids is 2. The van der Waals surface area contributed by atoms with Gasteiger partial charge in [0.05, 0.1) is 11.4 Å². The Bertz CT molecular complexity index is 1100. The van der Waals surface area contributed by atoms with E-state index >= 15 is 0 Å². The number of imide groups is 1. The van der Waals surface area contributed by atoms with Crippen LogP contribution in [0.5, 0.6) is 5.75 Å². The number of nitrogens with one attached hydrogen (secondary N) is 1. The van der Waals surface area contributed by atoms with Gasteiger partial charge in [-0.05, 0) is 62.1 Å². The summed E-state index contributed by atoms with van der Waals surface area (Å²) in [6, 6.07) is 15.0. The van der Waals surface area contributed by atoms with Gasteiger partial charge in [0.15, 0.2) is 5.16 Å². The van der Waals surface area contributed by atoms with Gasteiger partial charge in [0.1, 0.15) is 5.75 Å². The SMILES string of the molecule is O=C(CSc1nc2c(n1-c1ccccc1)CCCC2)NC(=O)c1ccc(OC(F)F)cc1.